The highest BCUT2D eigenvalue weighted by Gasteiger charge is 2.11. The Morgan fingerprint density at radius 2 is 1.85 bits per heavy atom. The minimum absolute atomic E-state index is 0.265. The van der Waals surface area contributed by atoms with Gasteiger partial charge >= 0.3 is 6.61 Å². The van der Waals surface area contributed by atoms with Crippen LogP contribution < -0.4 is 10.1 Å². The lowest BCUT2D eigenvalue weighted by atomic mass is 10.0. The summed E-state index contributed by atoms with van der Waals surface area (Å²) in [6.45, 7) is 2.13. The molecule has 0 amide bonds. The van der Waals surface area contributed by atoms with Crippen molar-refractivity contribution >= 4 is 0 Å². The Labute approximate surface area is 120 Å². The molecule has 2 nitrogen and oxygen atoms in total. The molecule has 1 aromatic rings. The van der Waals surface area contributed by atoms with Gasteiger partial charge in [0.25, 0.3) is 0 Å². The standard InChI is InChI=1S/C16H25F2NO/c1-3-5-10-14(8-4-2)19-12-13-9-6-7-11-15(13)20-16(17)18/h6-7,9,11,14,16,19H,3-5,8,10,12H2,1-2H3. The molecule has 0 spiro atoms. The number of nitrogens with one attached hydrogen (secondary N) is 1. The molecule has 0 saturated carbocycles. The summed E-state index contributed by atoms with van der Waals surface area (Å²) in [6, 6.07) is 7.41. The van der Waals surface area contributed by atoms with Crippen LogP contribution >= 0.6 is 0 Å². The SMILES string of the molecule is CCCCC(CCC)NCc1ccccc1OC(F)F. The Morgan fingerprint density at radius 1 is 1.10 bits per heavy atom. The zero-order valence-electron chi connectivity index (χ0n) is 12.4. The fraction of sp³-hybridized carbons (Fsp3) is 0.625. The van der Waals surface area contributed by atoms with Gasteiger partial charge in [-0.25, -0.2) is 0 Å². The highest BCUT2D eigenvalue weighted by Crippen LogP contribution is 2.20. The van der Waals surface area contributed by atoms with Gasteiger partial charge < -0.3 is 10.1 Å². The Morgan fingerprint density at radius 3 is 2.50 bits per heavy atom. The monoisotopic (exact) mass is 285 g/mol. The van der Waals surface area contributed by atoms with E-state index in [9.17, 15) is 8.78 Å². The second-order valence-corrected chi connectivity index (χ2v) is 4.99. The fourth-order valence-electron chi connectivity index (χ4n) is 2.26. The Kier molecular flexibility index (Phi) is 8.19. The number of alkyl halides is 2. The average Bonchev–Trinajstić information content (AvgIpc) is 2.42. The minimum atomic E-state index is -2.78. The van der Waals surface area contributed by atoms with E-state index in [-0.39, 0.29) is 5.75 Å². The lowest BCUT2D eigenvalue weighted by Crippen LogP contribution is -2.28. The van der Waals surface area contributed by atoms with Gasteiger partial charge in [0.2, 0.25) is 0 Å². The molecule has 1 atom stereocenters. The van der Waals surface area contributed by atoms with Gasteiger partial charge in [-0.2, -0.15) is 8.78 Å². The molecule has 0 aliphatic heterocycles. The van der Waals surface area contributed by atoms with Crippen LogP contribution in [0.15, 0.2) is 24.3 Å². The molecule has 0 heterocycles. The first-order chi connectivity index (χ1) is 9.67. The zero-order valence-corrected chi connectivity index (χ0v) is 12.4. The molecule has 20 heavy (non-hydrogen) atoms. The highest BCUT2D eigenvalue weighted by atomic mass is 19.3. The molecule has 0 aliphatic rings. The summed E-state index contributed by atoms with van der Waals surface area (Å²) in [7, 11) is 0. The van der Waals surface area contributed by atoms with E-state index in [0.717, 1.165) is 24.8 Å². The maximum absolute atomic E-state index is 12.3. The Balaban J connectivity index is 2.57. The minimum Gasteiger partial charge on any atom is -0.434 e. The van der Waals surface area contributed by atoms with E-state index in [2.05, 4.69) is 23.9 Å². The lowest BCUT2D eigenvalue weighted by molar-refractivity contribution is -0.0505. The summed E-state index contributed by atoms with van der Waals surface area (Å²) >= 11 is 0. The van der Waals surface area contributed by atoms with Crippen molar-refractivity contribution < 1.29 is 13.5 Å². The summed E-state index contributed by atoms with van der Waals surface area (Å²) in [4.78, 5) is 0. The third-order valence-corrected chi connectivity index (χ3v) is 3.31. The lowest BCUT2D eigenvalue weighted by Gasteiger charge is -2.19. The van der Waals surface area contributed by atoms with Crippen LogP contribution in [-0.2, 0) is 6.54 Å². The van der Waals surface area contributed by atoms with E-state index in [0.29, 0.717) is 12.6 Å². The number of ether oxygens (including phenoxy) is 1. The van der Waals surface area contributed by atoms with Gasteiger partial charge in [0, 0.05) is 18.2 Å². The number of benzene rings is 1. The third-order valence-electron chi connectivity index (χ3n) is 3.31. The molecular weight excluding hydrogens is 260 g/mol. The number of rotatable bonds is 10. The van der Waals surface area contributed by atoms with Gasteiger partial charge in [-0.3, -0.25) is 0 Å². The third kappa shape index (κ3) is 6.33. The molecule has 0 aromatic heterocycles. The molecule has 1 aromatic carbocycles. The Hall–Kier alpha value is -1.16. The average molecular weight is 285 g/mol. The maximum Gasteiger partial charge on any atom is 0.387 e. The zero-order chi connectivity index (χ0) is 14.8. The van der Waals surface area contributed by atoms with Crippen molar-refractivity contribution in [1.29, 1.82) is 0 Å². The quantitative estimate of drug-likeness (QED) is 0.670. The van der Waals surface area contributed by atoms with Crippen molar-refractivity contribution in [3.05, 3.63) is 29.8 Å². The molecule has 0 aliphatic carbocycles. The second kappa shape index (κ2) is 9.70. The molecule has 1 unspecified atom stereocenters. The molecule has 114 valence electrons. The molecule has 1 rings (SSSR count). The van der Waals surface area contributed by atoms with Crippen molar-refractivity contribution in [3.8, 4) is 5.75 Å². The van der Waals surface area contributed by atoms with E-state index in [1.54, 1.807) is 12.1 Å². The number of para-hydroxylation sites is 1. The van der Waals surface area contributed by atoms with Crippen LogP contribution in [0.4, 0.5) is 8.78 Å². The second-order valence-electron chi connectivity index (χ2n) is 4.99. The van der Waals surface area contributed by atoms with Crippen LogP contribution in [0.5, 0.6) is 5.75 Å². The van der Waals surface area contributed by atoms with Crippen molar-refractivity contribution in [2.24, 2.45) is 0 Å². The normalized spacial score (nSPS) is 12.7. The molecular formula is C16H25F2NO. The van der Waals surface area contributed by atoms with Gasteiger partial charge in [-0.15, -0.1) is 0 Å². The number of halogens is 2. The number of hydrogen-bond acceptors (Lipinski definition) is 2. The molecule has 0 radical (unpaired) electrons. The smallest absolute Gasteiger partial charge is 0.387 e. The summed E-state index contributed by atoms with van der Waals surface area (Å²) in [5, 5.41) is 3.46. The summed E-state index contributed by atoms with van der Waals surface area (Å²) in [5.74, 6) is 0.265. The van der Waals surface area contributed by atoms with Gasteiger partial charge in [-0.1, -0.05) is 51.3 Å². The van der Waals surface area contributed by atoms with Crippen molar-refractivity contribution in [2.75, 3.05) is 0 Å². The molecule has 4 heteroatoms. The topological polar surface area (TPSA) is 21.3 Å². The largest absolute Gasteiger partial charge is 0.434 e. The first-order valence-corrected chi connectivity index (χ1v) is 7.43. The van der Waals surface area contributed by atoms with E-state index in [1.165, 1.54) is 12.8 Å². The molecule has 0 fully saturated rings. The summed E-state index contributed by atoms with van der Waals surface area (Å²) in [5.41, 5.74) is 0.783. The predicted octanol–water partition coefficient (Wildman–Crippen LogP) is 4.74. The van der Waals surface area contributed by atoms with Gasteiger partial charge in [0.15, 0.2) is 0 Å². The van der Waals surface area contributed by atoms with E-state index in [4.69, 9.17) is 0 Å². The maximum atomic E-state index is 12.3. The molecule has 0 saturated heterocycles. The predicted molar refractivity (Wildman–Crippen MR) is 78.1 cm³/mol. The number of unbranched alkanes of at least 4 members (excludes halogenated alkanes) is 1. The first-order valence-electron chi connectivity index (χ1n) is 7.43. The molecule has 0 bridgehead atoms. The fourth-order valence-corrected chi connectivity index (χ4v) is 2.26. The summed E-state index contributed by atoms with van der Waals surface area (Å²) in [6.07, 6.45) is 5.72. The van der Waals surface area contributed by atoms with Crippen molar-refractivity contribution in [3.63, 3.8) is 0 Å². The van der Waals surface area contributed by atoms with Crippen molar-refractivity contribution in [1.82, 2.24) is 5.32 Å². The molecule has 1 N–H and O–H groups in total. The van der Waals surface area contributed by atoms with Crippen LogP contribution in [0.3, 0.4) is 0 Å². The van der Waals surface area contributed by atoms with E-state index in [1.807, 2.05) is 12.1 Å². The van der Waals surface area contributed by atoms with Crippen LogP contribution in [0.1, 0.15) is 51.5 Å². The summed E-state index contributed by atoms with van der Waals surface area (Å²) < 4.78 is 29.2. The van der Waals surface area contributed by atoms with Crippen molar-refractivity contribution in [2.45, 2.75) is 65.1 Å². The first kappa shape index (κ1) is 16.9. The van der Waals surface area contributed by atoms with Crippen LogP contribution in [-0.4, -0.2) is 12.7 Å². The highest BCUT2D eigenvalue weighted by molar-refractivity contribution is 5.33. The van der Waals surface area contributed by atoms with E-state index >= 15 is 0 Å². The van der Waals surface area contributed by atoms with Gasteiger partial charge in [-0.05, 0) is 18.9 Å². The van der Waals surface area contributed by atoms with E-state index < -0.39 is 6.61 Å². The Bertz CT molecular complexity index is 371. The van der Waals surface area contributed by atoms with Gasteiger partial charge in [0.05, 0.1) is 0 Å². The van der Waals surface area contributed by atoms with Crippen LogP contribution in [0.2, 0.25) is 0 Å². The van der Waals surface area contributed by atoms with Crippen LogP contribution in [0.25, 0.3) is 0 Å². The number of hydrogen-bond donors (Lipinski definition) is 1. The van der Waals surface area contributed by atoms with Crippen LogP contribution in [0, 0.1) is 0 Å². The van der Waals surface area contributed by atoms with Gasteiger partial charge in [0.1, 0.15) is 5.75 Å².